The molecule has 2 atom stereocenters. The monoisotopic (exact) mass is 518 g/mol. The highest BCUT2D eigenvalue weighted by atomic mass is 28.4. The van der Waals surface area contributed by atoms with Crippen LogP contribution >= 0.6 is 0 Å². The predicted octanol–water partition coefficient (Wildman–Crippen LogP) is 6.68. The third-order valence-corrected chi connectivity index (χ3v) is 12.1. The standard InChI is InChI=1S/C29H38N4O3Si/c1-19-11-13-22(14-12-19)28-32-23-10-8-9-21(26(23)35-28)15-16-25(33-17-24(27(30)34)31-18-33)20(2)36-37(6,7)29(3,4)5/h8-14,17-18,20,25H,15-16H2,1-7H3,(H2,30,34)/t20-,25+/m0/s1. The maximum Gasteiger partial charge on any atom is 0.268 e. The predicted molar refractivity (Wildman–Crippen MR) is 150 cm³/mol. The highest BCUT2D eigenvalue weighted by Crippen LogP contribution is 2.39. The van der Waals surface area contributed by atoms with E-state index in [9.17, 15) is 4.79 Å². The van der Waals surface area contributed by atoms with Crippen LogP contribution in [0.2, 0.25) is 18.1 Å². The number of hydrogen-bond donors (Lipinski definition) is 1. The van der Waals surface area contributed by atoms with Crippen LogP contribution in [0, 0.1) is 6.92 Å². The Morgan fingerprint density at radius 2 is 1.86 bits per heavy atom. The number of para-hydroxylation sites is 1. The minimum Gasteiger partial charge on any atom is -0.436 e. The first-order valence-electron chi connectivity index (χ1n) is 12.8. The van der Waals surface area contributed by atoms with E-state index in [0.29, 0.717) is 5.89 Å². The van der Waals surface area contributed by atoms with E-state index >= 15 is 0 Å². The fourth-order valence-corrected chi connectivity index (χ4v) is 5.76. The highest BCUT2D eigenvalue weighted by Gasteiger charge is 2.40. The molecule has 0 aliphatic heterocycles. The molecule has 8 heteroatoms. The van der Waals surface area contributed by atoms with Crippen molar-refractivity contribution in [2.45, 2.75) is 77.7 Å². The number of imidazole rings is 1. The average molecular weight is 519 g/mol. The van der Waals surface area contributed by atoms with Gasteiger partial charge in [0.15, 0.2) is 13.9 Å². The lowest BCUT2D eigenvalue weighted by Gasteiger charge is -2.40. The van der Waals surface area contributed by atoms with Crippen molar-refractivity contribution >= 4 is 25.3 Å². The highest BCUT2D eigenvalue weighted by molar-refractivity contribution is 6.74. The van der Waals surface area contributed by atoms with E-state index in [1.807, 2.05) is 28.8 Å². The topological polar surface area (TPSA) is 96.2 Å². The Hall–Kier alpha value is -3.23. The summed E-state index contributed by atoms with van der Waals surface area (Å²) in [6, 6.07) is 14.2. The van der Waals surface area contributed by atoms with Gasteiger partial charge in [-0.25, -0.2) is 9.97 Å². The third-order valence-electron chi connectivity index (χ3n) is 7.57. The van der Waals surface area contributed by atoms with E-state index in [4.69, 9.17) is 19.6 Å². The van der Waals surface area contributed by atoms with Crippen LogP contribution < -0.4 is 5.73 Å². The Bertz CT molecular complexity index is 1380. The molecule has 0 aliphatic rings. The Morgan fingerprint density at radius 1 is 1.16 bits per heavy atom. The molecule has 2 aromatic carbocycles. The second-order valence-electron chi connectivity index (χ2n) is 11.4. The Morgan fingerprint density at radius 3 is 2.49 bits per heavy atom. The second-order valence-corrected chi connectivity index (χ2v) is 16.2. The van der Waals surface area contributed by atoms with Crippen molar-refractivity contribution < 1.29 is 13.6 Å². The van der Waals surface area contributed by atoms with Gasteiger partial charge < -0.3 is 19.1 Å². The summed E-state index contributed by atoms with van der Waals surface area (Å²) in [6.07, 6.45) is 4.83. The summed E-state index contributed by atoms with van der Waals surface area (Å²) in [6.45, 7) is 15.4. The smallest absolute Gasteiger partial charge is 0.268 e. The first-order valence-corrected chi connectivity index (χ1v) is 15.7. The molecule has 4 rings (SSSR count). The Kier molecular flexibility index (Phi) is 7.44. The number of nitrogens with zero attached hydrogens (tertiary/aromatic N) is 3. The van der Waals surface area contributed by atoms with Gasteiger partial charge in [0.2, 0.25) is 5.89 Å². The summed E-state index contributed by atoms with van der Waals surface area (Å²) in [5, 5.41) is 0.0803. The van der Waals surface area contributed by atoms with Crippen LogP contribution in [0.25, 0.3) is 22.6 Å². The molecule has 196 valence electrons. The summed E-state index contributed by atoms with van der Waals surface area (Å²) in [7, 11) is -2.02. The van der Waals surface area contributed by atoms with Crippen molar-refractivity contribution in [3.8, 4) is 11.5 Å². The summed E-state index contributed by atoms with van der Waals surface area (Å²) in [5.74, 6) is 0.0832. The number of rotatable bonds is 9. The van der Waals surface area contributed by atoms with Crippen LogP contribution in [0.1, 0.15) is 61.8 Å². The number of carbonyl (C=O) groups is 1. The van der Waals surface area contributed by atoms with E-state index in [2.05, 4.69) is 70.9 Å². The molecule has 4 aromatic rings. The van der Waals surface area contributed by atoms with Crippen LogP contribution in [0.4, 0.5) is 0 Å². The van der Waals surface area contributed by atoms with E-state index < -0.39 is 14.2 Å². The molecule has 2 N–H and O–H groups in total. The number of nitrogens with two attached hydrogens (primary N) is 1. The number of benzene rings is 2. The van der Waals surface area contributed by atoms with Crippen LogP contribution in [0.15, 0.2) is 59.4 Å². The molecule has 0 bridgehead atoms. The van der Waals surface area contributed by atoms with Crippen molar-refractivity contribution in [1.82, 2.24) is 14.5 Å². The quantitative estimate of drug-likeness (QED) is 0.249. The molecule has 1 amide bonds. The van der Waals surface area contributed by atoms with Gasteiger partial charge in [-0.1, -0.05) is 50.6 Å². The van der Waals surface area contributed by atoms with Gasteiger partial charge in [0, 0.05) is 11.8 Å². The molecular formula is C29H38N4O3Si. The van der Waals surface area contributed by atoms with Crippen molar-refractivity contribution in [2.24, 2.45) is 5.73 Å². The SMILES string of the molecule is Cc1ccc(-c2nc3cccc(CC[C@H]([C@H](C)O[Si](C)(C)C(C)(C)C)n4cnc(C(N)=O)c4)c3o2)cc1. The molecule has 0 radical (unpaired) electrons. The van der Waals surface area contributed by atoms with Gasteiger partial charge in [0.25, 0.3) is 5.91 Å². The zero-order valence-electron chi connectivity index (χ0n) is 22.9. The van der Waals surface area contributed by atoms with E-state index in [1.165, 1.54) is 5.56 Å². The number of aryl methyl sites for hydroxylation is 2. The maximum absolute atomic E-state index is 11.7. The molecule has 2 aromatic heterocycles. The van der Waals surface area contributed by atoms with E-state index in [1.54, 1.807) is 12.5 Å². The third kappa shape index (κ3) is 5.86. The molecule has 0 saturated carbocycles. The number of oxazole rings is 1. The van der Waals surface area contributed by atoms with Crippen LogP contribution in [-0.4, -0.2) is 34.9 Å². The minimum atomic E-state index is -2.02. The molecule has 0 aliphatic carbocycles. The first-order chi connectivity index (χ1) is 17.4. The summed E-state index contributed by atoms with van der Waals surface area (Å²) < 4.78 is 15.0. The second kappa shape index (κ2) is 10.3. The van der Waals surface area contributed by atoms with Crippen molar-refractivity contribution in [3.63, 3.8) is 0 Å². The van der Waals surface area contributed by atoms with Crippen molar-refractivity contribution in [1.29, 1.82) is 0 Å². The number of carbonyl (C=O) groups excluding carboxylic acids is 1. The van der Waals surface area contributed by atoms with Crippen molar-refractivity contribution in [2.75, 3.05) is 0 Å². The van der Waals surface area contributed by atoms with Gasteiger partial charge in [-0.2, -0.15) is 0 Å². The van der Waals surface area contributed by atoms with Crippen LogP contribution in [-0.2, 0) is 10.8 Å². The number of hydrogen-bond acceptors (Lipinski definition) is 5. The zero-order valence-corrected chi connectivity index (χ0v) is 23.9. The van der Waals surface area contributed by atoms with E-state index in [0.717, 1.165) is 35.1 Å². The minimum absolute atomic E-state index is 0.0375. The van der Waals surface area contributed by atoms with Gasteiger partial charge in [0.05, 0.1) is 18.5 Å². The normalized spacial score (nSPS) is 14.1. The van der Waals surface area contributed by atoms with Crippen LogP contribution in [0.3, 0.4) is 0 Å². The summed E-state index contributed by atoms with van der Waals surface area (Å²) in [5.41, 5.74) is 10.6. The molecule has 7 nitrogen and oxygen atoms in total. The van der Waals surface area contributed by atoms with Gasteiger partial charge in [-0.15, -0.1) is 0 Å². The molecular weight excluding hydrogens is 480 g/mol. The molecule has 2 heterocycles. The van der Waals surface area contributed by atoms with Crippen molar-refractivity contribution in [3.05, 3.63) is 71.8 Å². The fourth-order valence-electron chi connectivity index (χ4n) is 4.32. The van der Waals surface area contributed by atoms with Gasteiger partial charge >= 0.3 is 0 Å². The first kappa shape index (κ1) is 26.8. The van der Waals surface area contributed by atoms with Crippen LogP contribution in [0.5, 0.6) is 0 Å². The van der Waals surface area contributed by atoms with Gasteiger partial charge in [-0.05, 0) is 68.6 Å². The lowest BCUT2D eigenvalue weighted by molar-refractivity contribution is 0.0995. The number of amides is 1. The summed E-state index contributed by atoms with van der Waals surface area (Å²) in [4.78, 5) is 20.7. The molecule has 0 saturated heterocycles. The Balaban J connectivity index is 1.62. The van der Waals surface area contributed by atoms with Gasteiger partial charge in [0.1, 0.15) is 11.2 Å². The van der Waals surface area contributed by atoms with Gasteiger partial charge in [-0.3, -0.25) is 4.79 Å². The number of aromatic nitrogens is 3. The molecule has 0 fully saturated rings. The molecule has 0 unspecified atom stereocenters. The average Bonchev–Trinajstić information content (AvgIpc) is 3.47. The largest absolute Gasteiger partial charge is 0.436 e. The van der Waals surface area contributed by atoms with E-state index in [-0.39, 0.29) is 22.9 Å². The fraction of sp³-hybridized carbons (Fsp3) is 0.414. The lowest BCUT2D eigenvalue weighted by Crippen LogP contribution is -2.45. The Labute approximate surface area is 220 Å². The number of primary amides is 1. The summed E-state index contributed by atoms with van der Waals surface area (Å²) >= 11 is 0. The lowest BCUT2D eigenvalue weighted by atomic mass is 10.0. The number of fused-ring (bicyclic) bond motifs is 1. The maximum atomic E-state index is 11.7. The molecule has 0 spiro atoms. The molecule has 37 heavy (non-hydrogen) atoms. The zero-order chi connectivity index (χ0) is 27.0.